The Bertz CT molecular complexity index is 809. The number of hydrogen-bond donors (Lipinski definition) is 0. The minimum atomic E-state index is 0.540. The number of methoxy groups -OCH3 is 1. The minimum absolute atomic E-state index is 0.540. The van der Waals surface area contributed by atoms with E-state index >= 15 is 0 Å². The Morgan fingerprint density at radius 3 is 2.81 bits per heavy atom. The topological polar surface area (TPSA) is 54.0 Å². The number of hydrogen-bond acceptors (Lipinski definition) is 3. The van der Waals surface area contributed by atoms with Crippen LogP contribution in [0, 0.1) is 19.1 Å². The van der Waals surface area contributed by atoms with Gasteiger partial charge in [-0.3, -0.25) is 4.98 Å². The van der Waals surface area contributed by atoms with Gasteiger partial charge in [-0.2, -0.15) is 0 Å². The molecular weight excluding hydrogens is 266 g/mol. The summed E-state index contributed by atoms with van der Waals surface area (Å²) in [5, 5.41) is 11.9. The van der Waals surface area contributed by atoms with Crippen LogP contribution in [-0.2, 0) is 6.54 Å². The maximum absolute atomic E-state index is 11.9. The van der Waals surface area contributed by atoms with Crippen LogP contribution in [0.15, 0.2) is 36.8 Å². The lowest BCUT2D eigenvalue weighted by molar-refractivity contribution is -0.578. The fourth-order valence-electron chi connectivity index (χ4n) is 2.66. The molecule has 2 aromatic heterocycles. The van der Waals surface area contributed by atoms with Crippen molar-refractivity contribution in [3.05, 3.63) is 58.8 Å². The SMILES string of the molecule is COc1c(C)cnc(Cn2c[n+]([O-])c3ccccc32)c1C. The average Bonchev–Trinajstić information content (AvgIpc) is 2.80. The first-order chi connectivity index (χ1) is 10.1. The third kappa shape index (κ3) is 2.20. The lowest BCUT2D eigenvalue weighted by atomic mass is 10.1. The van der Waals surface area contributed by atoms with E-state index in [1.807, 2.05) is 42.7 Å². The highest BCUT2D eigenvalue weighted by Gasteiger charge is 2.15. The zero-order valence-electron chi connectivity index (χ0n) is 12.3. The molecule has 0 bridgehead atoms. The van der Waals surface area contributed by atoms with Crippen LogP contribution < -0.4 is 9.47 Å². The van der Waals surface area contributed by atoms with Crippen molar-refractivity contribution in [2.45, 2.75) is 20.4 Å². The van der Waals surface area contributed by atoms with E-state index in [4.69, 9.17) is 4.74 Å². The number of benzene rings is 1. The molecule has 5 heteroatoms. The molecule has 0 amide bonds. The zero-order valence-corrected chi connectivity index (χ0v) is 12.3. The molecule has 1 aromatic carbocycles. The van der Waals surface area contributed by atoms with Gasteiger partial charge in [-0.1, -0.05) is 12.1 Å². The quantitative estimate of drug-likeness (QED) is 0.547. The molecular formula is C16H17N3O2. The Balaban J connectivity index is 2.07. The van der Waals surface area contributed by atoms with E-state index in [2.05, 4.69) is 4.98 Å². The smallest absolute Gasteiger partial charge is 0.248 e. The molecule has 0 saturated heterocycles. The fraction of sp³-hybridized carbons (Fsp3) is 0.250. The van der Waals surface area contributed by atoms with E-state index in [0.717, 1.165) is 32.8 Å². The number of fused-ring (bicyclic) bond motifs is 1. The third-order valence-electron chi connectivity index (χ3n) is 3.74. The van der Waals surface area contributed by atoms with Crippen molar-refractivity contribution < 1.29 is 9.47 Å². The Morgan fingerprint density at radius 2 is 2.05 bits per heavy atom. The van der Waals surface area contributed by atoms with Crippen LogP contribution in [0.3, 0.4) is 0 Å². The molecule has 0 saturated carbocycles. The van der Waals surface area contributed by atoms with Crippen LogP contribution in [-0.4, -0.2) is 16.7 Å². The maximum Gasteiger partial charge on any atom is 0.248 e. The second-order valence-electron chi connectivity index (χ2n) is 5.10. The van der Waals surface area contributed by atoms with Crippen molar-refractivity contribution in [3.8, 4) is 5.75 Å². The number of nitrogens with zero attached hydrogens (tertiary/aromatic N) is 3. The number of rotatable bonds is 3. The number of aryl methyl sites for hydroxylation is 1. The fourth-order valence-corrected chi connectivity index (χ4v) is 2.66. The van der Waals surface area contributed by atoms with Crippen molar-refractivity contribution in [2.75, 3.05) is 7.11 Å². The minimum Gasteiger partial charge on any atom is -0.710 e. The Hall–Kier alpha value is -2.56. The molecule has 0 aliphatic heterocycles. The molecule has 5 nitrogen and oxygen atoms in total. The second kappa shape index (κ2) is 5.09. The molecule has 2 heterocycles. The largest absolute Gasteiger partial charge is 0.710 e. The van der Waals surface area contributed by atoms with Crippen LogP contribution in [0.25, 0.3) is 11.0 Å². The summed E-state index contributed by atoms with van der Waals surface area (Å²) >= 11 is 0. The lowest BCUT2D eigenvalue weighted by Crippen LogP contribution is -2.23. The molecule has 0 aliphatic carbocycles. The van der Waals surface area contributed by atoms with E-state index in [1.165, 1.54) is 0 Å². The summed E-state index contributed by atoms with van der Waals surface area (Å²) in [4.78, 5) is 4.49. The van der Waals surface area contributed by atoms with Crippen LogP contribution in [0.1, 0.15) is 16.8 Å². The van der Waals surface area contributed by atoms with Crippen LogP contribution >= 0.6 is 0 Å². The van der Waals surface area contributed by atoms with Crippen molar-refractivity contribution >= 4 is 11.0 Å². The van der Waals surface area contributed by atoms with Gasteiger partial charge in [0, 0.05) is 17.3 Å². The first kappa shape index (κ1) is 13.4. The van der Waals surface area contributed by atoms with E-state index < -0.39 is 0 Å². The van der Waals surface area contributed by atoms with Gasteiger partial charge < -0.3 is 9.94 Å². The zero-order chi connectivity index (χ0) is 15.0. The summed E-state index contributed by atoms with van der Waals surface area (Å²) in [6.45, 7) is 4.50. The standard InChI is InChI=1S/C16H17N3O2/c1-11-8-17-13(12(2)16(11)21-3)9-18-10-19(20)15-7-5-4-6-14(15)18/h4-8,10H,9H2,1-3H3. The molecule has 0 N–H and O–H groups in total. The van der Waals surface area contributed by atoms with E-state index in [1.54, 1.807) is 19.6 Å². The van der Waals surface area contributed by atoms with Crippen molar-refractivity contribution in [1.29, 1.82) is 0 Å². The maximum atomic E-state index is 11.9. The van der Waals surface area contributed by atoms with Gasteiger partial charge in [0.2, 0.25) is 6.33 Å². The molecule has 3 aromatic rings. The number of imidazole rings is 1. The van der Waals surface area contributed by atoms with Gasteiger partial charge in [0.15, 0.2) is 11.0 Å². The highest BCUT2D eigenvalue weighted by molar-refractivity contribution is 5.71. The average molecular weight is 283 g/mol. The highest BCUT2D eigenvalue weighted by atomic mass is 16.5. The molecule has 108 valence electrons. The number of ether oxygens (including phenoxy) is 1. The summed E-state index contributed by atoms with van der Waals surface area (Å²) in [5.74, 6) is 0.853. The summed E-state index contributed by atoms with van der Waals surface area (Å²) in [5.41, 5.74) is 4.48. The number of para-hydroxylation sites is 2. The Labute approximate surface area is 123 Å². The molecule has 0 fully saturated rings. The van der Waals surface area contributed by atoms with Gasteiger partial charge >= 0.3 is 0 Å². The Morgan fingerprint density at radius 1 is 1.29 bits per heavy atom. The number of pyridine rings is 1. The third-order valence-corrected chi connectivity index (χ3v) is 3.74. The predicted molar refractivity (Wildman–Crippen MR) is 80.3 cm³/mol. The van der Waals surface area contributed by atoms with Crippen molar-refractivity contribution in [2.24, 2.45) is 0 Å². The molecule has 0 spiro atoms. The first-order valence-corrected chi connectivity index (χ1v) is 6.78. The van der Waals surface area contributed by atoms with Gasteiger partial charge in [0.05, 0.1) is 12.8 Å². The second-order valence-corrected chi connectivity index (χ2v) is 5.10. The van der Waals surface area contributed by atoms with Crippen molar-refractivity contribution in [3.63, 3.8) is 0 Å². The van der Waals surface area contributed by atoms with Crippen LogP contribution in [0.4, 0.5) is 0 Å². The van der Waals surface area contributed by atoms with Gasteiger partial charge in [0.1, 0.15) is 12.3 Å². The first-order valence-electron chi connectivity index (χ1n) is 6.78. The molecule has 0 atom stereocenters. The monoisotopic (exact) mass is 283 g/mol. The van der Waals surface area contributed by atoms with E-state index in [0.29, 0.717) is 12.1 Å². The predicted octanol–water partition coefficient (Wildman–Crippen LogP) is 2.34. The summed E-state index contributed by atoms with van der Waals surface area (Å²) in [6.07, 6.45) is 3.36. The molecule has 3 rings (SSSR count). The molecule has 0 unspecified atom stereocenters. The van der Waals surface area contributed by atoms with Gasteiger partial charge in [0.25, 0.3) is 0 Å². The molecule has 0 radical (unpaired) electrons. The summed E-state index contributed by atoms with van der Waals surface area (Å²) < 4.78 is 8.22. The van der Waals surface area contributed by atoms with Crippen molar-refractivity contribution in [1.82, 2.24) is 9.55 Å². The molecule has 21 heavy (non-hydrogen) atoms. The van der Waals surface area contributed by atoms with Crippen LogP contribution in [0.5, 0.6) is 5.75 Å². The highest BCUT2D eigenvalue weighted by Crippen LogP contribution is 2.25. The van der Waals surface area contributed by atoms with Gasteiger partial charge in [-0.25, -0.2) is 9.30 Å². The molecule has 0 aliphatic rings. The number of aromatic nitrogens is 3. The van der Waals surface area contributed by atoms with Gasteiger partial charge in [-0.15, -0.1) is 0 Å². The van der Waals surface area contributed by atoms with E-state index in [-0.39, 0.29) is 0 Å². The van der Waals surface area contributed by atoms with Gasteiger partial charge in [-0.05, 0) is 26.0 Å². The van der Waals surface area contributed by atoms with Crippen LogP contribution in [0.2, 0.25) is 0 Å². The lowest BCUT2D eigenvalue weighted by Gasteiger charge is -2.11. The summed E-state index contributed by atoms with van der Waals surface area (Å²) in [7, 11) is 1.66. The Kier molecular flexibility index (Phi) is 3.25. The summed E-state index contributed by atoms with van der Waals surface area (Å²) in [6, 6.07) is 7.54. The van der Waals surface area contributed by atoms with E-state index in [9.17, 15) is 5.21 Å². The normalized spacial score (nSPS) is 11.0.